The van der Waals surface area contributed by atoms with Crippen LogP contribution in [-0.4, -0.2) is 23.0 Å². The van der Waals surface area contributed by atoms with Gasteiger partial charge in [0.05, 0.1) is 0 Å². The van der Waals surface area contributed by atoms with E-state index in [2.05, 4.69) is 5.32 Å². The largest absolute Gasteiger partial charge is 0.480 e. The molecule has 0 unspecified atom stereocenters. The van der Waals surface area contributed by atoms with Crippen molar-refractivity contribution < 1.29 is 14.7 Å². The van der Waals surface area contributed by atoms with E-state index in [-0.39, 0.29) is 5.92 Å². The Morgan fingerprint density at radius 2 is 1.84 bits per heavy atom. The molecule has 104 valence electrons. The van der Waals surface area contributed by atoms with E-state index >= 15 is 0 Å². The molecular weight excluding hydrogens is 244 g/mol. The minimum Gasteiger partial charge on any atom is -0.480 e. The monoisotopic (exact) mass is 264 g/mol. The van der Waals surface area contributed by atoms with Gasteiger partial charge in [0.1, 0.15) is 12.1 Å². The van der Waals surface area contributed by atoms with Gasteiger partial charge in [-0.1, -0.05) is 44.2 Å². The van der Waals surface area contributed by atoms with Crippen LogP contribution < -0.4 is 11.1 Å². The topological polar surface area (TPSA) is 92.4 Å². The summed E-state index contributed by atoms with van der Waals surface area (Å²) < 4.78 is 0. The third-order valence-electron chi connectivity index (χ3n) is 2.76. The first-order valence-corrected chi connectivity index (χ1v) is 6.25. The number of carbonyl (C=O) groups is 2. The van der Waals surface area contributed by atoms with Gasteiger partial charge in [-0.2, -0.15) is 0 Å². The smallest absolute Gasteiger partial charge is 0.326 e. The summed E-state index contributed by atoms with van der Waals surface area (Å²) in [5.41, 5.74) is 6.47. The van der Waals surface area contributed by atoms with E-state index < -0.39 is 24.0 Å². The first-order chi connectivity index (χ1) is 8.91. The molecule has 0 aromatic heterocycles. The van der Waals surface area contributed by atoms with E-state index in [1.165, 1.54) is 0 Å². The molecule has 0 aliphatic rings. The Labute approximate surface area is 112 Å². The summed E-state index contributed by atoms with van der Waals surface area (Å²) in [6, 6.07) is 7.12. The minimum absolute atomic E-state index is 0.175. The maximum Gasteiger partial charge on any atom is 0.326 e. The molecule has 5 nitrogen and oxygen atoms in total. The number of benzene rings is 1. The molecule has 19 heavy (non-hydrogen) atoms. The van der Waals surface area contributed by atoms with Crippen molar-refractivity contribution in [3.8, 4) is 0 Å². The summed E-state index contributed by atoms with van der Waals surface area (Å²) in [7, 11) is 0. The number of hydrogen-bond acceptors (Lipinski definition) is 3. The lowest BCUT2D eigenvalue weighted by Gasteiger charge is -2.19. The maximum absolute atomic E-state index is 11.9. The molecule has 0 heterocycles. The highest BCUT2D eigenvalue weighted by Gasteiger charge is 2.24. The first kappa shape index (κ1) is 15.2. The minimum atomic E-state index is -1.04. The zero-order chi connectivity index (χ0) is 14.4. The molecule has 5 heteroatoms. The lowest BCUT2D eigenvalue weighted by Crippen LogP contribution is -2.45. The van der Waals surface area contributed by atoms with Crippen LogP contribution in [0.4, 0.5) is 0 Å². The molecule has 2 atom stereocenters. The zero-order valence-electron chi connectivity index (χ0n) is 11.2. The summed E-state index contributed by atoms with van der Waals surface area (Å²) in [6.07, 6.45) is 0.378. The number of hydrogen-bond donors (Lipinski definition) is 3. The van der Waals surface area contributed by atoms with Crippen LogP contribution in [0, 0.1) is 5.92 Å². The van der Waals surface area contributed by atoms with Crippen LogP contribution in [-0.2, 0) is 9.59 Å². The van der Waals surface area contributed by atoms with Gasteiger partial charge in [-0.05, 0) is 17.9 Å². The fraction of sp³-hybridized carbons (Fsp3) is 0.429. The highest BCUT2D eigenvalue weighted by molar-refractivity contribution is 5.87. The van der Waals surface area contributed by atoms with E-state index in [1.807, 2.05) is 19.9 Å². The van der Waals surface area contributed by atoms with Crippen LogP contribution >= 0.6 is 0 Å². The number of amides is 1. The van der Waals surface area contributed by atoms with Crippen molar-refractivity contribution in [2.24, 2.45) is 11.7 Å². The molecule has 0 fully saturated rings. The van der Waals surface area contributed by atoms with Gasteiger partial charge < -0.3 is 16.2 Å². The van der Waals surface area contributed by atoms with Crippen molar-refractivity contribution >= 4 is 11.9 Å². The molecule has 0 saturated heterocycles. The Kier molecular flexibility index (Phi) is 5.51. The van der Waals surface area contributed by atoms with Crippen molar-refractivity contribution in [2.75, 3.05) is 0 Å². The van der Waals surface area contributed by atoms with E-state index in [9.17, 15) is 9.59 Å². The number of aliphatic carboxylic acids is 1. The van der Waals surface area contributed by atoms with E-state index in [0.717, 1.165) is 0 Å². The molecule has 0 spiro atoms. The maximum atomic E-state index is 11.9. The molecule has 1 amide bonds. The van der Waals surface area contributed by atoms with Crippen LogP contribution in [0.3, 0.4) is 0 Å². The number of rotatable bonds is 6. The lowest BCUT2D eigenvalue weighted by atomic mass is 10.0. The van der Waals surface area contributed by atoms with Crippen LogP contribution in [0.2, 0.25) is 0 Å². The van der Waals surface area contributed by atoms with Gasteiger partial charge in [0.25, 0.3) is 0 Å². The highest BCUT2D eigenvalue weighted by atomic mass is 16.4. The first-order valence-electron chi connectivity index (χ1n) is 6.25. The van der Waals surface area contributed by atoms with Crippen molar-refractivity contribution in [2.45, 2.75) is 32.4 Å². The molecule has 0 aliphatic heterocycles. The van der Waals surface area contributed by atoms with Gasteiger partial charge in [0.15, 0.2) is 0 Å². The average Bonchev–Trinajstić information content (AvgIpc) is 2.37. The average molecular weight is 264 g/mol. The summed E-state index contributed by atoms with van der Waals surface area (Å²) in [4.78, 5) is 23.0. The summed E-state index contributed by atoms with van der Waals surface area (Å²) >= 11 is 0. The third kappa shape index (κ3) is 4.71. The second-order valence-electron chi connectivity index (χ2n) is 4.92. The highest BCUT2D eigenvalue weighted by Crippen LogP contribution is 2.11. The lowest BCUT2D eigenvalue weighted by molar-refractivity contribution is -0.142. The fourth-order valence-electron chi connectivity index (χ4n) is 1.77. The Hall–Kier alpha value is -1.88. The predicted molar refractivity (Wildman–Crippen MR) is 72.4 cm³/mol. The van der Waals surface area contributed by atoms with Crippen LogP contribution in [0.25, 0.3) is 0 Å². The molecule has 0 radical (unpaired) electrons. The van der Waals surface area contributed by atoms with Crippen molar-refractivity contribution in [3.05, 3.63) is 35.9 Å². The van der Waals surface area contributed by atoms with Crippen LogP contribution in [0.1, 0.15) is 31.9 Å². The molecule has 0 aliphatic carbocycles. The number of carboxylic acid groups (broad SMARTS) is 1. The van der Waals surface area contributed by atoms with Crippen molar-refractivity contribution in [1.29, 1.82) is 0 Å². The van der Waals surface area contributed by atoms with Gasteiger partial charge in [-0.3, -0.25) is 4.79 Å². The number of nitrogens with two attached hydrogens (primary N) is 1. The van der Waals surface area contributed by atoms with Gasteiger partial charge in [-0.15, -0.1) is 0 Å². The number of carbonyl (C=O) groups excluding carboxylic acids is 1. The Balaban J connectivity index is 2.69. The second-order valence-corrected chi connectivity index (χ2v) is 4.92. The quantitative estimate of drug-likeness (QED) is 0.722. The van der Waals surface area contributed by atoms with Crippen LogP contribution in [0.15, 0.2) is 30.3 Å². The Morgan fingerprint density at radius 1 is 1.26 bits per heavy atom. The molecule has 4 N–H and O–H groups in total. The van der Waals surface area contributed by atoms with E-state index in [1.54, 1.807) is 24.3 Å². The standard InChI is InChI=1S/C14H20N2O3/c1-9(2)8-11(14(18)19)16-13(17)12(15)10-6-4-3-5-7-10/h3-7,9,11-12H,8,15H2,1-2H3,(H,16,17)(H,18,19)/t11-,12+/m1/s1. The third-order valence-corrected chi connectivity index (χ3v) is 2.76. The molecule has 1 aromatic rings. The van der Waals surface area contributed by atoms with Crippen LogP contribution in [0.5, 0.6) is 0 Å². The van der Waals surface area contributed by atoms with E-state index in [0.29, 0.717) is 12.0 Å². The Bertz CT molecular complexity index is 432. The van der Waals surface area contributed by atoms with Gasteiger partial charge in [-0.25, -0.2) is 4.79 Å². The van der Waals surface area contributed by atoms with E-state index in [4.69, 9.17) is 10.8 Å². The number of nitrogens with one attached hydrogen (secondary N) is 1. The van der Waals surface area contributed by atoms with Gasteiger partial charge in [0.2, 0.25) is 5.91 Å². The predicted octanol–water partition coefficient (Wildman–Crippen LogP) is 1.30. The normalized spacial score (nSPS) is 13.9. The summed E-state index contributed by atoms with van der Waals surface area (Å²) in [5.74, 6) is -1.34. The fourth-order valence-corrected chi connectivity index (χ4v) is 1.77. The molecule has 0 bridgehead atoms. The second kappa shape index (κ2) is 6.89. The SMILES string of the molecule is CC(C)C[C@@H](NC(=O)[C@@H](N)c1ccccc1)C(=O)O. The zero-order valence-corrected chi connectivity index (χ0v) is 11.2. The molecule has 0 saturated carbocycles. The molecular formula is C14H20N2O3. The summed E-state index contributed by atoms with van der Waals surface area (Å²) in [5, 5.41) is 11.6. The number of carboxylic acids is 1. The van der Waals surface area contributed by atoms with Gasteiger partial charge in [0, 0.05) is 0 Å². The van der Waals surface area contributed by atoms with Crippen molar-refractivity contribution in [3.63, 3.8) is 0 Å². The molecule has 1 aromatic carbocycles. The molecule has 1 rings (SSSR count). The van der Waals surface area contributed by atoms with Gasteiger partial charge >= 0.3 is 5.97 Å². The summed E-state index contributed by atoms with van der Waals surface area (Å²) in [6.45, 7) is 3.80. The Morgan fingerprint density at radius 3 is 2.32 bits per heavy atom. The van der Waals surface area contributed by atoms with Crippen molar-refractivity contribution in [1.82, 2.24) is 5.32 Å².